The Balaban J connectivity index is 0. The summed E-state index contributed by atoms with van der Waals surface area (Å²) in [7, 11) is 0. The maximum atomic E-state index is 9.56. The van der Waals surface area contributed by atoms with Gasteiger partial charge in [-0.2, -0.15) is 121 Å². The van der Waals surface area contributed by atoms with E-state index in [1.807, 2.05) is 35.3 Å². The van der Waals surface area contributed by atoms with Crippen molar-refractivity contribution in [1.82, 2.24) is 0 Å². The third-order valence-electron chi connectivity index (χ3n) is 3.62. The Labute approximate surface area is 255 Å². The summed E-state index contributed by atoms with van der Waals surface area (Å²) in [4.78, 5) is 0. The minimum absolute atomic E-state index is 0.144. The Kier molecular flexibility index (Phi) is 37.8. The smallest absolute Gasteiger partial charge is 0.0720 e. The Morgan fingerprint density at radius 1 is 0.500 bits per heavy atom. The van der Waals surface area contributed by atoms with Crippen molar-refractivity contribution < 1.29 is 20.4 Å². The Morgan fingerprint density at radius 3 is 1.18 bits per heavy atom. The molecule has 4 N–H and O–H groups in total. The topological polar surface area (TPSA) is 80.9 Å². The molecular weight excluding hydrogens is 625 g/mol. The fraction of sp³-hybridized carbons (Fsp3) is 1.00. The summed E-state index contributed by atoms with van der Waals surface area (Å²) in [5.74, 6) is 12.2. The lowest BCUT2D eigenvalue weighted by Crippen LogP contribution is -2.18. The molecule has 0 aliphatic carbocycles. The minimum atomic E-state index is -0.381. The number of aliphatic hydroxyl groups is 4. The van der Waals surface area contributed by atoms with Crippen LogP contribution in [0, 0.1) is 0 Å². The van der Waals surface area contributed by atoms with Crippen LogP contribution in [0.25, 0.3) is 0 Å². The highest BCUT2D eigenvalue weighted by atomic mass is 32.2. The summed E-state index contributed by atoms with van der Waals surface area (Å²) in [6.45, 7) is 0.288. The van der Waals surface area contributed by atoms with Gasteiger partial charge in [-0.15, -0.1) is 0 Å². The highest BCUT2D eigenvalue weighted by Gasteiger charge is 2.11. The van der Waals surface area contributed by atoms with E-state index in [1.165, 1.54) is 46.8 Å². The molecule has 0 aliphatic heterocycles. The second-order valence-corrected chi connectivity index (χ2v) is 15.7. The fourth-order valence-electron chi connectivity index (χ4n) is 2.08. The largest absolute Gasteiger partial charge is 0.396 e. The van der Waals surface area contributed by atoms with Gasteiger partial charge in [0.25, 0.3) is 0 Å². The molecule has 0 radical (unpaired) electrons. The van der Waals surface area contributed by atoms with Crippen molar-refractivity contribution >= 4 is 121 Å². The Morgan fingerprint density at radius 2 is 0.853 bits per heavy atom. The van der Waals surface area contributed by atoms with Gasteiger partial charge in [0, 0.05) is 79.5 Å². The van der Waals surface area contributed by atoms with Gasteiger partial charge < -0.3 is 20.4 Å². The van der Waals surface area contributed by atoms with E-state index < -0.39 is 0 Å². The van der Waals surface area contributed by atoms with Crippen LogP contribution in [-0.4, -0.2) is 137 Å². The zero-order chi connectivity index (χ0) is 25.9. The predicted molar refractivity (Wildman–Crippen MR) is 183 cm³/mol. The van der Waals surface area contributed by atoms with Crippen molar-refractivity contribution in [3.8, 4) is 0 Å². The molecule has 0 heterocycles. The summed E-state index contributed by atoms with van der Waals surface area (Å²) >= 11 is 27.9. The van der Waals surface area contributed by atoms with Crippen LogP contribution in [0.2, 0.25) is 0 Å². The predicted octanol–water partition coefficient (Wildman–Crippen LogP) is 3.53. The maximum absolute atomic E-state index is 9.56. The average Bonchev–Trinajstić information content (AvgIpc) is 2.84. The van der Waals surface area contributed by atoms with Crippen LogP contribution in [0.1, 0.15) is 0 Å². The van der Waals surface area contributed by atoms with Crippen molar-refractivity contribution in [1.29, 1.82) is 0 Å². The third-order valence-corrected chi connectivity index (χ3v) is 13.7. The fourth-order valence-corrected chi connectivity index (χ4v) is 9.87. The van der Waals surface area contributed by atoms with Gasteiger partial charge >= 0.3 is 0 Å². The van der Waals surface area contributed by atoms with Gasteiger partial charge in [-0.1, -0.05) is 0 Å². The van der Waals surface area contributed by atoms with Crippen molar-refractivity contribution in [2.45, 2.75) is 22.7 Å². The van der Waals surface area contributed by atoms with Crippen LogP contribution in [0.3, 0.4) is 0 Å². The van der Waals surface area contributed by atoms with Crippen LogP contribution in [0.4, 0.5) is 0 Å². The second-order valence-electron chi connectivity index (χ2n) is 6.78. The van der Waals surface area contributed by atoms with Gasteiger partial charge in [-0.3, -0.25) is 0 Å². The van der Waals surface area contributed by atoms with E-state index in [2.05, 4.69) is 50.5 Å². The lowest BCUT2D eigenvalue weighted by Gasteiger charge is -2.16. The van der Waals surface area contributed by atoms with Gasteiger partial charge in [-0.25, -0.2) is 0 Å². The number of aliphatic hydroxyl groups excluding tert-OH is 4. The summed E-state index contributed by atoms with van der Waals surface area (Å²) in [6, 6.07) is 0. The van der Waals surface area contributed by atoms with Crippen molar-refractivity contribution in [2.24, 2.45) is 0 Å². The average molecular weight is 669 g/mol. The first-order valence-electron chi connectivity index (χ1n) is 11.0. The number of hydrogen-bond donors (Lipinski definition) is 8. The molecule has 34 heavy (non-hydrogen) atoms. The first-order valence-corrected chi connectivity index (χ1v) is 20.3. The van der Waals surface area contributed by atoms with Gasteiger partial charge in [0.15, 0.2) is 0 Å². The summed E-state index contributed by atoms with van der Waals surface area (Å²) in [6.07, 6.45) is -0.761. The third kappa shape index (κ3) is 29.9. The molecule has 0 fully saturated rings. The standard InChI is InChI=1S/C10H22O4S3.C10H22S7/c11-1-3-15-5-9(13)7-17-8-10(14)6-16-4-2-12;11-1-3-16-9(5-13)7-15-8-10(6-14)17-4-2-12/h2*9-14H,1-8H2. The van der Waals surface area contributed by atoms with E-state index >= 15 is 0 Å². The molecule has 4 atom stereocenters. The molecule has 208 valence electrons. The van der Waals surface area contributed by atoms with Crippen molar-refractivity contribution in [2.75, 3.05) is 93.8 Å². The Bertz CT molecular complexity index is 359. The van der Waals surface area contributed by atoms with E-state index in [9.17, 15) is 10.2 Å². The number of hydrogen-bond acceptors (Lipinski definition) is 14. The van der Waals surface area contributed by atoms with E-state index in [0.29, 0.717) is 45.0 Å². The number of thioether (sulfide) groups is 6. The van der Waals surface area contributed by atoms with Crippen molar-refractivity contribution in [3.63, 3.8) is 0 Å². The first kappa shape index (κ1) is 39.5. The van der Waals surface area contributed by atoms with E-state index in [1.54, 1.807) is 0 Å². The normalized spacial score (nSPS) is 14.8. The monoisotopic (exact) mass is 668 g/mol. The molecule has 0 aromatic rings. The molecule has 0 aromatic heterocycles. The van der Waals surface area contributed by atoms with Crippen LogP contribution >= 0.6 is 121 Å². The van der Waals surface area contributed by atoms with Crippen LogP contribution < -0.4 is 0 Å². The molecule has 0 aromatic carbocycles. The SMILES string of the molecule is OCCSCC(O)CSCC(O)CSCCO.SCCSC(CS)CSCC(CS)SCCS. The first-order chi connectivity index (χ1) is 16.5. The molecule has 0 amide bonds. The van der Waals surface area contributed by atoms with Gasteiger partial charge in [0.1, 0.15) is 0 Å². The molecule has 0 aliphatic rings. The molecule has 0 saturated heterocycles. The summed E-state index contributed by atoms with van der Waals surface area (Å²) in [5, 5.41) is 37.6. The molecule has 0 rings (SSSR count). The molecule has 14 heteroatoms. The molecule has 0 bridgehead atoms. The van der Waals surface area contributed by atoms with E-state index in [4.69, 9.17) is 10.2 Å². The molecular formula is C20H44O4S10. The van der Waals surface area contributed by atoms with Gasteiger partial charge in [0.05, 0.1) is 25.4 Å². The highest BCUT2D eigenvalue weighted by Crippen LogP contribution is 2.22. The number of thiol groups is 4. The summed E-state index contributed by atoms with van der Waals surface area (Å²) in [5.41, 5.74) is 0. The molecule has 4 unspecified atom stereocenters. The van der Waals surface area contributed by atoms with E-state index in [0.717, 1.165) is 34.5 Å². The van der Waals surface area contributed by atoms with Crippen LogP contribution in [0.15, 0.2) is 0 Å². The zero-order valence-electron chi connectivity index (χ0n) is 19.7. The highest BCUT2D eigenvalue weighted by molar-refractivity contribution is 8.06. The lowest BCUT2D eigenvalue weighted by molar-refractivity contribution is 0.220. The van der Waals surface area contributed by atoms with Crippen LogP contribution in [0.5, 0.6) is 0 Å². The minimum Gasteiger partial charge on any atom is -0.396 e. The molecule has 0 saturated carbocycles. The summed E-state index contributed by atoms with van der Waals surface area (Å²) < 4.78 is 0. The second kappa shape index (κ2) is 32.6. The Hall–Kier alpha value is 3.34. The maximum Gasteiger partial charge on any atom is 0.0720 e. The zero-order valence-corrected chi connectivity index (χ0v) is 28.1. The molecule has 4 nitrogen and oxygen atoms in total. The van der Waals surface area contributed by atoms with Crippen molar-refractivity contribution in [3.05, 3.63) is 0 Å². The van der Waals surface area contributed by atoms with Gasteiger partial charge in [0.2, 0.25) is 0 Å². The number of rotatable bonds is 24. The van der Waals surface area contributed by atoms with E-state index in [-0.39, 0.29) is 25.4 Å². The lowest BCUT2D eigenvalue weighted by atomic mass is 10.5. The van der Waals surface area contributed by atoms with Gasteiger partial charge in [-0.05, 0) is 11.5 Å². The quantitative estimate of drug-likeness (QED) is 0.0579. The molecule has 0 spiro atoms. The van der Waals surface area contributed by atoms with Crippen LogP contribution in [-0.2, 0) is 0 Å².